The van der Waals surface area contributed by atoms with Gasteiger partial charge in [0.05, 0.1) is 13.2 Å². The third-order valence-corrected chi connectivity index (χ3v) is 4.07. The quantitative estimate of drug-likeness (QED) is 0.638. The van der Waals surface area contributed by atoms with Crippen molar-refractivity contribution in [2.75, 3.05) is 6.61 Å². The van der Waals surface area contributed by atoms with Crippen LogP contribution in [0.1, 0.15) is 11.8 Å². The maximum absolute atomic E-state index is 12.6. The average molecular weight is 334 g/mol. The van der Waals surface area contributed by atoms with Gasteiger partial charge in [-0.1, -0.05) is 30.3 Å². The van der Waals surface area contributed by atoms with E-state index in [0.717, 1.165) is 14.7 Å². The van der Waals surface area contributed by atoms with Gasteiger partial charge >= 0.3 is 5.69 Å². The highest BCUT2D eigenvalue weighted by Gasteiger charge is 2.43. The van der Waals surface area contributed by atoms with Gasteiger partial charge in [0, 0.05) is 12.3 Å². The number of ether oxygens (including phenoxy) is 1. The fraction of sp³-hybridized carbons (Fsp3) is 0.375. The molecule has 1 aromatic heterocycles. The first-order valence-electron chi connectivity index (χ1n) is 7.51. The predicted octanol–water partition coefficient (Wildman–Crippen LogP) is -1.33. The lowest BCUT2D eigenvalue weighted by Crippen LogP contribution is -2.43. The van der Waals surface area contributed by atoms with E-state index in [1.165, 1.54) is 12.3 Å². The molecule has 3 rings (SSSR count). The molecular weight excluding hydrogens is 316 g/mol. The summed E-state index contributed by atoms with van der Waals surface area (Å²) >= 11 is 0. The third-order valence-electron chi connectivity index (χ3n) is 4.07. The molecule has 2 aromatic rings. The summed E-state index contributed by atoms with van der Waals surface area (Å²) in [6, 6.07) is 10.2. The molecular formula is C16H18N2O6. The van der Waals surface area contributed by atoms with Crippen LogP contribution >= 0.6 is 0 Å². The first kappa shape index (κ1) is 16.6. The molecule has 1 fully saturated rings. The summed E-state index contributed by atoms with van der Waals surface area (Å²) in [7, 11) is 0. The normalized spacial score (nSPS) is 26.6. The number of benzene rings is 1. The fourth-order valence-corrected chi connectivity index (χ4v) is 2.75. The van der Waals surface area contributed by atoms with Crippen molar-refractivity contribution in [3.63, 3.8) is 0 Å². The lowest BCUT2D eigenvalue weighted by Gasteiger charge is -2.18. The van der Waals surface area contributed by atoms with Crippen LogP contribution in [-0.4, -0.2) is 49.4 Å². The van der Waals surface area contributed by atoms with Crippen LogP contribution in [0.3, 0.4) is 0 Å². The zero-order valence-electron chi connectivity index (χ0n) is 12.7. The Bertz CT molecular complexity index is 815. The molecule has 0 spiro atoms. The summed E-state index contributed by atoms with van der Waals surface area (Å²) in [5.74, 6) is 0. The van der Waals surface area contributed by atoms with Crippen LogP contribution in [0.2, 0.25) is 0 Å². The number of aromatic nitrogens is 2. The molecule has 4 atom stereocenters. The van der Waals surface area contributed by atoms with Crippen molar-refractivity contribution in [2.45, 2.75) is 31.1 Å². The van der Waals surface area contributed by atoms with Crippen molar-refractivity contribution in [2.24, 2.45) is 0 Å². The molecule has 1 aliphatic rings. The molecule has 0 aliphatic carbocycles. The summed E-state index contributed by atoms with van der Waals surface area (Å²) in [6.45, 7) is -0.415. The van der Waals surface area contributed by atoms with E-state index in [4.69, 9.17) is 9.84 Å². The molecule has 0 unspecified atom stereocenters. The minimum Gasteiger partial charge on any atom is -0.394 e. The highest BCUT2D eigenvalue weighted by Crippen LogP contribution is 2.27. The first-order chi connectivity index (χ1) is 11.5. The Morgan fingerprint density at radius 1 is 1.04 bits per heavy atom. The van der Waals surface area contributed by atoms with Crippen LogP contribution in [-0.2, 0) is 11.3 Å². The van der Waals surface area contributed by atoms with Gasteiger partial charge in [-0.25, -0.2) is 4.79 Å². The summed E-state index contributed by atoms with van der Waals surface area (Å²) in [4.78, 5) is 24.7. The van der Waals surface area contributed by atoms with E-state index < -0.39 is 42.4 Å². The molecule has 1 aliphatic heterocycles. The van der Waals surface area contributed by atoms with Crippen molar-refractivity contribution in [3.8, 4) is 0 Å². The molecule has 1 saturated heterocycles. The topological polar surface area (TPSA) is 114 Å². The van der Waals surface area contributed by atoms with Crippen LogP contribution in [0.5, 0.6) is 0 Å². The van der Waals surface area contributed by atoms with E-state index in [1.54, 1.807) is 24.3 Å². The molecule has 128 valence electrons. The standard InChI is InChI=1S/C16H18N2O6/c19-9-11-13(21)14(22)15(24-11)17-7-6-12(20)18(16(17)23)8-10-4-2-1-3-5-10/h1-7,11,13-15,19,21-22H,8-9H2/t11-,13-,14+,15-/m1/s1. The van der Waals surface area contributed by atoms with Gasteiger partial charge in [0.15, 0.2) is 6.23 Å². The lowest BCUT2D eigenvalue weighted by molar-refractivity contribution is -0.0555. The maximum atomic E-state index is 12.6. The number of rotatable bonds is 4. The highest BCUT2D eigenvalue weighted by atomic mass is 16.6. The van der Waals surface area contributed by atoms with Crippen LogP contribution < -0.4 is 11.2 Å². The molecule has 24 heavy (non-hydrogen) atoms. The molecule has 8 heteroatoms. The monoisotopic (exact) mass is 334 g/mol. The van der Waals surface area contributed by atoms with E-state index >= 15 is 0 Å². The van der Waals surface area contributed by atoms with E-state index in [-0.39, 0.29) is 6.54 Å². The zero-order chi connectivity index (χ0) is 17.3. The number of nitrogens with zero attached hydrogens (tertiary/aromatic N) is 2. The summed E-state index contributed by atoms with van der Waals surface area (Å²) in [5, 5.41) is 29.0. The Hall–Kier alpha value is -2.26. The molecule has 0 saturated carbocycles. The maximum Gasteiger partial charge on any atom is 0.333 e. The Kier molecular flexibility index (Phi) is 4.63. The number of aliphatic hydroxyl groups is 3. The number of hydrogen-bond acceptors (Lipinski definition) is 6. The van der Waals surface area contributed by atoms with Crippen molar-refractivity contribution in [1.29, 1.82) is 0 Å². The highest BCUT2D eigenvalue weighted by molar-refractivity contribution is 5.15. The average Bonchev–Trinajstić information content (AvgIpc) is 2.88. The van der Waals surface area contributed by atoms with E-state index in [1.807, 2.05) is 6.07 Å². The lowest BCUT2D eigenvalue weighted by atomic mass is 10.1. The Labute approximate surface area is 136 Å². The zero-order valence-corrected chi connectivity index (χ0v) is 12.7. The smallest absolute Gasteiger partial charge is 0.333 e. The van der Waals surface area contributed by atoms with Crippen LogP contribution in [0.25, 0.3) is 0 Å². The van der Waals surface area contributed by atoms with Crippen molar-refractivity contribution in [3.05, 3.63) is 69.0 Å². The second kappa shape index (κ2) is 6.70. The van der Waals surface area contributed by atoms with Crippen LogP contribution in [0, 0.1) is 0 Å². The summed E-state index contributed by atoms with van der Waals surface area (Å²) < 4.78 is 7.41. The Morgan fingerprint density at radius 3 is 2.38 bits per heavy atom. The van der Waals surface area contributed by atoms with Crippen LogP contribution in [0.15, 0.2) is 52.2 Å². The minimum atomic E-state index is -1.39. The molecule has 1 aromatic carbocycles. The largest absolute Gasteiger partial charge is 0.394 e. The van der Waals surface area contributed by atoms with Gasteiger partial charge in [-0.2, -0.15) is 0 Å². The van der Waals surface area contributed by atoms with Gasteiger partial charge < -0.3 is 20.1 Å². The molecule has 3 N–H and O–H groups in total. The second-order valence-electron chi connectivity index (χ2n) is 5.64. The van der Waals surface area contributed by atoms with Crippen LogP contribution in [0.4, 0.5) is 0 Å². The van der Waals surface area contributed by atoms with Gasteiger partial charge in [-0.3, -0.25) is 13.9 Å². The van der Waals surface area contributed by atoms with E-state index in [0.29, 0.717) is 0 Å². The molecule has 0 amide bonds. The van der Waals surface area contributed by atoms with E-state index in [2.05, 4.69) is 0 Å². The van der Waals surface area contributed by atoms with Gasteiger partial charge in [-0.05, 0) is 5.56 Å². The number of aliphatic hydroxyl groups excluding tert-OH is 3. The SMILES string of the molecule is O=c1ccn([C@@H]2O[C@H](CO)[C@@H](O)[C@@H]2O)c(=O)n1Cc1ccccc1. The van der Waals surface area contributed by atoms with Gasteiger partial charge in [0.1, 0.15) is 18.3 Å². The van der Waals surface area contributed by atoms with Gasteiger partial charge in [-0.15, -0.1) is 0 Å². The molecule has 8 nitrogen and oxygen atoms in total. The second-order valence-corrected chi connectivity index (χ2v) is 5.64. The van der Waals surface area contributed by atoms with Crippen molar-refractivity contribution in [1.82, 2.24) is 9.13 Å². The molecule has 0 radical (unpaired) electrons. The van der Waals surface area contributed by atoms with E-state index in [9.17, 15) is 19.8 Å². The minimum absolute atomic E-state index is 0.0775. The van der Waals surface area contributed by atoms with Gasteiger partial charge in [0.2, 0.25) is 0 Å². The fourth-order valence-electron chi connectivity index (χ4n) is 2.75. The van der Waals surface area contributed by atoms with Crippen molar-refractivity contribution < 1.29 is 20.1 Å². The van der Waals surface area contributed by atoms with Crippen molar-refractivity contribution >= 4 is 0 Å². The number of hydrogen-bond donors (Lipinski definition) is 3. The molecule has 2 heterocycles. The summed E-state index contributed by atoms with van der Waals surface area (Å²) in [6.07, 6.45) is -3.66. The predicted molar refractivity (Wildman–Crippen MR) is 83.5 cm³/mol. The Balaban J connectivity index is 1.98. The Morgan fingerprint density at radius 2 is 1.75 bits per heavy atom. The van der Waals surface area contributed by atoms with Gasteiger partial charge in [0.25, 0.3) is 5.56 Å². The third kappa shape index (κ3) is 2.92. The first-order valence-corrected chi connectivity index (χ1v) is 7.51. The summed E-state index contributed by atoms with van der Waals surface area (Å²) in [5.41, 5.74) is -0.372. The molecule has 0 bridgehead atoms.